The summed E-state index contributed by atoms with van der Waals surface area (Å²) in [7, 11) is 0. The molecule has 1 heterocycles. The zero-order chi connectivity index (χ0) is 7.56. The van der Waals surface area contributed by atoms with Crippen LogP contribution in [0.4, 0.5) is 0 Å². The van der Waals surface area contributed by atoms with Crippen molar-refractivity contribution in [3.8, 4) is 0 Å². The number of nitrogens with zero attached hydrogens (tertiary/aromatic N) is 2. The summed E-state index contributed by atoms with van der Waals surface area (Å²) >= 11 is 1.27. The first-order chi connectivity index (χ1) is 4.75. The third kappa shape index (κ3) is 1.33. The highest BCUT2D eigenvalue weighted by Crippen LogP contribution is 2.19. The van der Waals surface area contributed by atoms with Gasteiger partial charge in [-0.3, -0.25) is 0 Å². The lowest BCUT2D eigenvalue weighted by Gasteiger charge is -1.98. The Morgan fingerprint density at radius 1 is 1.70 bits per heavy atom. The summed E-state index contributed by atoms with van der Waals surface area (Å²) in [6.07, 6.45) is 0.423. The smallest absolute Gasteiger partial charge is 0.0889 e. The predicted octanol–water partition coefficient (Wildman–Crippen LogP) is 1.15. The molecule has 0 spiro atoms. The average Bonchev–Trinajstić information content (AvgIpc) is 2.33. The maximum absolute atomic E-state index is 9.15. The minimum absolute atomic E-state index is 0.421. The third-order valence-corrected chi connectivity index (χ3v) is 2.24. The Kier molecular flexibility index (Phi) is 2.34. The monoisotopic (exact) mass is 158 g/mol. The van der Waals surface area contributed by atoms with Crippen molar-refractivity contribution in [3.63, 3.8) is 0 Å². The molecule has 0 aliphatic heterocycles. The third-order valence-electron chi connectivity index (χ3n) is 1.30. The Hall–Kier alpha value is -0.480. The second kappa shape index (κ2) is 3.07. The van der Waals surface area contributed by atoms with Gasteiger partial charge in [0, 0.05) is 0 Å². The molecule has 0 saturated heterocycles. The quantitative estimate of drug-likeness (QED) is 0.702. The van der Waals surface area contributed by atoms with Crippen molar-refractivity contribution < 1.29 is 5.11 Å². The minimum atomic E-state index is -0.421. The van der Waals surface area contributed by atoms with Crippen LogP contribution in [0.3, 0.4) is 0 Å². The van der Waals surface area contributed by atoms with E-state index in [1.54, 1.807) is 6.92 Å². The lowest BCUT2D eigenvalue weighted by atomic mass is 10.2. The zero-order valence-corrected chi connectivity index (χ0v) is 6.85. The maximum atomic E-state index is 9.15. The fourth-order valence-electron chi connectivity index (χ4n) is 0.778. The van der Waals surface area contributed by atoms with Crippen LogP contribution >= 0.6 is 11.5 Å². The molecular formula is C6H10N2OS. The lowest BCUT2D eigenvalue weighted by Crippen LogP contribution is -1.92. The second-order valence-electron chi connectivity index (χ2n) is 2.11. The Morgan fingerprint density at radius 3 is 2.80 bits per heavy atom. The van der Waals surface area contributed by atoms with Gasteiger partial charge in [0.25, 0.3) is 0 Å². The van der Waals surface area contributed by atoms with Gasteiger partial charge in [-0.25, -0.2) is 0 Å². The van der Waals surface area contributed by atoms with Gasteiger partial charge in [0.2, 0.25) is 0 Å². The molecule has 1 unspecified atom stereocenters. The van der Waals surface area contributed by atoms with Gasteiger partial charge in [0.15, 0.2) is 0 Å². The van der Waals surface area contributed by atoms with Crippen molar-refractivity contribution in [2.24, 2.45) is 0 Å². The molecule has 4 heteroatoms. The molecule has 0 aliphatic rings. The van der Waals surface area contributed by atoms with Gasteiger partial charge in [0.1, 0.15) is 0 Å². The highest BCUT2D eigenvalue weighted by atomic mass is 32.1. The summed E-state index contributed by atoms with van der Waals surface area (Å²) in [5, 5.41) is 13.0. The topological polar surface area (TPSA) is 46.0 Å². The molecule has 0 radical (unpaired) electrons. The number of aliphatic hydroxyl groups is 1. The van der Waals surface area contributed by atoms with E-state index in [0.717, 1.165) is 17.0 Å². The van der Waals surface area contributed by atoms with Gasteiger partial charge in [-0.15, -0.1) is 5.10 Å². The molecule has 1 aromatic heterocycles. The molecule has 10 heavy (non-hydrogen) atoms. The van der Waals surface area contributed by atoms with Gasteiger partial charge in [-0.1, -0.05) is 11.4 Å². The van der Waals surface area contributed by atoms with E-state index < -0.39 is 6.10 Å². The Labute approximate surface area is 63.9 Å². The van der Waals surface area contributed by atoms with E-state index in [4.69, 9.17) is 5.11 Å². The number of aromatic nitrogens is 2. The molecule has 0 bridgehead atoms. The fourth-order valence-corrected chi connectivity index (χ4v) is 1.45. The molecule has 0 saturated carbocycles. The van der Waals surface area contributed by atoms with Crippen molar-refractivity contribution in [3.05, 3.63) is 10.6 Å². The van der Waals surface area contributed by atoms with Crippen LogP contribution in [0.15, 0.2) is 0 Å². The van der Waals surface area contributed by atoms with E-state index >= 15 is 0 Å². The van der Waals surface area contributed by atoms with Crippen LogP contribution in [-0.4, -0.2) is 14.7 Å². The molecular weight excluding hydrogens is 148 g/mol. The van der Waals surface area contributed by atoms with Gasteiger partial charge in [-0.2, -0.15) is 0 Å². The molecule has 1 rings (SSSR count). The van der Waals surface area contributed by atoms with Gasteiger partial charge >= 0.3 is 0 Å². The van der Waals surface area contributed by atoms with Crippen LogP contribution < -0.4 is 0 Å². The number of hydrogen-bond donors (Lipinski definition) is 1. The summed E-state index contributed by atoms with van der Waals surface area (Å²) < 4.78 is 3.75. The molecule has 0 aromatic carbocycles. The lowest BCUT2D eigenvalue weighted by molar-refractivity contribution is 0.202. The SMILES string of the molecule is CCc1nnsc1C(C)O. The van der Waals surface area contributed by atoms with Crippen molar-refractivity contribution in [1.82, 2.24) is 9.59 Å². The largest absolute Gasteiger partial charge is 0.388 e. The summed E-state index contributed by atoms with van der Waals surface area (Å²) in [6, 6.07) is 0. The normalized spacial score (nSPS) is 13.5. The van der Waals surface area contributed by atoms with E-state index in [-0.39, 0.29) is 0 Å². The Morgan fingerprint density at radius 2 is 2.40 bits per heavy atom. The second-order valence-corrected chi connectivity index (χ2v) is 2.90. The van der Waals surface area contributed by atoms with E-state index in [9.17, 15) is 0 Å². The van der Waals surface area contributed by atoms with E-state index in [1.165, 1.54) is 11.5 Å². The van der Waals surface area contributed by atoms with Gasteiger partial charge in [-0.05, 0) is 24.9 Å². The highest BCUT2D eigenvalue weighted by Gasteiger charge is 2.09. The molecule has 56 valence electrons. The van der Waals surface area contributed by atoms with E-state index in [1.807, 2.05) is 6.92 Å². The summed E-state index contributed by atoms with van der Waals surface area (Å²) in [5.74, 6) is 0. The van der Waals surface area contributed by atoms with E-state index in [0.29, 0.717) is 0 Å². The number of aryl methyl sites for hydroxylation is 1. The zero-order valence-electron chi connectivity index (χ0n) is 6.03. The van der Waals surface area contributed by atoms with Crippen LogP contribution in [0.1, 0.15) is 30.5 Å². The first-order valence-corrected chi connectivity index (χ1v) is 4.02. The van der Waals surface area contributed by atoms with Crippen molar-refractivity contribution >= 4 is 11.5 Å². The van der Waals surface area contributed by atoms with Crippen LogP contribution in [-0.2, 0) is 6.42 Å². The molecule has 0 fully saturated rings. The molecule has 0 amide bonds. The number of rotatable bonds is 2. The minimum Gasteiger partial charge on any atom is -0.388 e. The predicted molar refractivity (Wildman–Crippen MR) is 39.9 cm³/mol. The first kappa shape index (κ1) is 7.63. The first-order valence-electron chi connectivity index (χ1n) is 3.25. The van der Waals surface area contributed by atoms with Gasteiger partial charge < -0.3 is 5.11 Å². The van der Waals surface area contributed by atoms with Crippen LogP contribution in [0, 0.1) is 0 Å². The highest BCUT2D eigenvalue weighted by molar-refractivity contribution is 7.05. The van der Waals surface area contributed by atoms with Crippen LogP contribution in [0.2, 0.25) is 0 Å². The fraction of sp³-hybridized carbons (Fsp3) is 0.667. The molecule has 3 nitrogen and oxygen atoms in total. The van der Waals surface area contributed by atoms with Crippen LogP contribution in [0.25, 0.3) is 0 Å². The molecule has 0 aliphatic carbocycles. The summed E-state index contributed by atoms with van der Waals surface area (Å²) in [5.41, 5.74) is 0.917. The number of hydrogen-bond acceptors (Lipinski definition) is 4. The van der Waals surface area contributed by atoms with Gasteiger partial charge in [0.05, 0.1) is 16.7 Å². The standard InChI is InChI=1S/C6H10N2OS/c1-3-5-6(4(2)9)10-8-7-5/h4,9H,3H2,1-2H3. The molecule has 1 aromatic rings. The summed E-state index contributed by atoms with van der Waals surface area (Å²) in [6.45, 7) is 3.73. The van der Waals surface area contributed by atoms with Crippen molar-refractivity contribution in [2.45, 2.75) is 26.4 Å². The molecule has 1 N–H and O–H groups in total. The summed E-state index contributed by atoms with van der Waals surface area (Å²) in [4.78, 5) is 0.891. The van der Waals surface area contributed by atoms with Crippen LogP contribution in [0.5, 0.6) is 0 Å². The Balaban J connectivity index is 2.90. The van der Waals surface area contributed by atoms with E-state index in [2.05, 4.69) is 9.59 Å². The maximum Gasteiger partial charge on any atom is 0.0889 e. The van der Waals surface area contributed by atoms with Crippen molar-refractivity contribution in [2.75, 3.05) is 0 Å². The average molecular weight is 158 g/mol. The number of aliphatic hydroxyl groups excluding tert-OH is 1. The molecule has 1 atom stereocenters. The van der Waals surface area contributed by atoms with Crippen molar-refractivity contribution in [1.29, 1.82) is 0 Å². The Bertz CT molecular complexity index is 209.